The van der Waals surface area contributed by atoms with E-state index in [1.807, 2.05) is 0 Å². The molecule has 0 aromatic heterocycles. The van der Waals surface area contributed by atoms with Gasteiger partial charge < -0.3 is 14.0 Å². The predicted octanol–water partition coefficient (Wildman–Crippen LogP) is 3.67. The maximum absolute atomic E-state index is 13.7. The lowest BCUT2D eigenvalue weighted by molar-refractivity contribution is -0.136. The molecule has 142 valence electrons. The van der Waals surface area contributed by atoms with Crippen LogP contribution < -0.4 is 5.46 Å². The third kappa shape index (κ3) is 3.25. The Morgan fingerprint density at radius 2 is 1.69 bits per heavy atom. The van der Waals surface area contributed by atoms with Crippen LogP contribution in [0, 0.1) is 0 Å². The number of hydrogen-bond donors (Lipinski definition) is 0. The normalized spacial score (nSPS) is 21.8. The van der Waals surface area contributed by atoms with Crippen LogP contribution in [0.4, 0.5) is 13.2 Å². The van der Waals surface area contributed by atoms with Crippen LogP contribution >= 0.6 is 0 Å². The highest BCUT2D eigenvalue weighted by Gasteiger charge is 2.54. The quantitative estimate of drug-likeness (QED) is 0.602. The SMILES string of the molecule is COC(=O)c1cc(C(F)(F)F)c(B2OC(C)(C)C(C)(C)O2)cc1C1CC1. The lowest BCUT2D eigenvalue weighted by atomic mass is 9.73. The van der Waals surface area contributed by atoms with Gasteiger partial charge in [0, 0.05) is 0 Å². The number of ether oxygens (including phenoxy) is 1. The van der Waals surface area contributed by atoms with Crippen LogP contribution in [-0.4, -0.2) is 31.4 Å². The van der Waals surface area contributed by atoms with E-state index < -0.39 is 36.0 Å². The molecule has 1 heterocycles. The van der Waals surface area contributed by atoms with Gasteiger partial charge in [0.1, 0.15) is 0 Å². The second-order valence-electron chi connectivity index (χ2n) is 7.88. The van der Waals surface area contributed by atoms with Gasteiger partial charge in [-0.15, -0.1) is 0 Å². The van der Waals surface area contributed by atoms with Crippen LogP contribution in [-0.2, 0) is 20.2 Å². The van der Waals surface area contributed by atoms with Crippen molar-refractivity contribution in [3.63, 3.8) is 0 Å². The van der Waals surface area contributed by atoms with Crippen molar-refractivity contribution >= 4 is 18.6 Å². The lowest BCUT2D eigenvalue weighted by Crippen LogP contribution is -2.41. The Labute approximate surface area is 151 Å². The van der Waals surface area contributed by atoms with E-state index in [0.717, 1.165) is 26.0 Å². The van der Waals surface area contributed by atoms with E-state index in [9.17, 15) is 18.0 Å². The Bertz CT molecular complexity index is 723. The smallest absolute Gasteiger partial charge is 0.465 e. The Kier molecular flexibility index (Phi) is 4.43. The van der Waals surface area contributed by atoms with Crippen molar-refractivity contribution in [2.75, 3.05) is 7.11 Å². The van der Waals surface area contributed by atoms with Crippen LogP contribution in [0.2, 0.25) is 0 Å². The predicted molar refractivity (Wildman–Crippen MR) is 90.5 cm³/mol. The summed E-state index contributed by atoms with van der Waals surface area (Å²) < 4.78 is 57.5. The molecule has 0 N–H and O–H groups in total. The first-order valence-electron chi connectivity index (χ1n) is 8.56. The molecule has 1 aromatic rings. The zero-order valence-corrected chi connectivity index (χ0v) is 15.5. The van der Waals surface area contributed by atoms with Crippen molar-refractivity contribution in [3.8, 4) is 0 Å². The first kappa shape index (κ1) is 19.2. The molecule has 1 aliphatic carbocycles. The van der Waals surface area contributed by atoms with Crippen molar-refractivity contribution in [1.29, 1.82) is 0 Å². The standard InChI is InChI=1S/C18H22BF3O4/c1-16(2)17(3,4)26-19(25-16)14-9-11(10-6-7-10)12(15(23)24-5)8-13(14)18(20,21)22/h8-10H,6-7H2,1-5H3. The molecule has 8 heteroatoms. The minimum Gasteiger partial charge on any atom is -0.465 e. The number of halogens is 3. The number of alkyl halides is 3. The fraction of sp³-hybridized carbons (Fsp3) is 0.611. The van der Waals surface area contributed by atoms with Crippen LogP contribution in [0.5, 0.6) is 0 Å². The summed E-state index contributed by atoms with van der Waals surface area (Å²) in [4.78, 5) is 12.0. The molecule has 0 bridgehead atoms. The third-order valence-corrected chi connectivity index (χ3v) is 5.46. The Balaban J connectivity index is 2.15. The van der Waals surface area contributed by atoms with Crippen molar-refractivity contribution in [2.45, 2.75) is 63.8 Å². The molecule has 0 spiro atoms. The highest BCUT2D eigenvalue weighted by Crippen LogP contribution is 2.44. The van der Waals surface area contributed by atoms with Gasteiger partial charge in [0.2, 0.25) is 0 Å². The second kappa shape index (κ2) is 5.99. The number of methoxy groups -OCH3 is 1. The zero-order valence-electron chi connectivity index (χ0n) is 15.5. The molecule has 1 saturated heterocycles. The summed E-state index contributed by atoms with van der Waals surface area (Å²) in [5.74, 6) is -0.703. The topological polar surface area (TPSA) is 44.8 Å². The van der Waals surface area contributed by atoms with Gasteiger partial charge in [-0.1, -0.05) is 6.07 Å². The Morgan fingerprint density at radius 3 is 2.12 bits per heavy atom. The summed E-state index contributed by atoms with van der Waals surface area (Å²) in [5, 5.41) is 0. The third-order valence-electron chi connectivity index (χ3n) is 5.46. The van der Waals surface area contributed by atoms with Gasteiger partial charge in [-0.2, -0.15) is 13.2 Å². The number of carbonyl (C=O) groups is 1. The number of hydrogen-bond acceptors (Lipinski definition) is 4. The van der Waals surface area contributed by atoms with E-state index in [1.165, 1.54) is 6.07 Å². The number of rotatable bonds is 3. The van der Waals surface area contributed by atoms with Gasteiger partial charge in [0.15, 0.2) is 0 Å². The van der Waals surface area contributed by atoms with Crippen molar-refractivity contribution in [1.82, 2.24) is 0 Å². The van der Waals surface area contributed by atoms with E-state index in [4.69, 9.17) is 9.31 Å². The van der Waals surface area contributed by atoms with Gasteiger partial charge in [-0.3, -0.25) is 0 Å². The molecule has 0 atom stereocenters. The fourth-order valence-electron chi connectivity index (χ4n) is 3.06. The van der Waals surface area contributed by atoms with Crippen molar-refractivity contribution < 1.29 is 32.0 Å². The molecule has 1 aromatic carbocycles. The van der Waals surface area contributed by atoms with E-state index in [1.54, 1.807) is 27.7 Å². The second-order valence-corrected chi connectivity index (χ2v) is 7.88. The van der Waals surface area contributed by atoms with Crippen molar-refractivity contribution in [3.05, 3.63) is 28.8 Å². The van der Waals surface area contributed by atoms with Crippen LogP contribution in [0.3, 0.4) is 0 Å². The molecule has 2 aliphatic rings. The number of benzene rings is 1. The maximum Gasteiger partial charge on any atom is 0.495 e. The Hall–Kier alpha value is -1.54. The molecule has 3 rings (SSSR count). The molecular weight excluding hydrogens is 348 g/mol. The van der Waals surface area contributed by atoms with Crippen molar-refractivity contribution in [2.24, 2.45) is 0 Å². The van der Waals surface area contributed by atoms with Crippen LogP contribution in [0.1, 0.15) is 67.9 Å². The first-order chi connectivity index (χ1) is 11.9. The minimum atomic E-state index is -4.65. The number of carbonyl (C=O) groups excluding carboxylic acids is 1. The summed E-state index contributed by atoms with van der Waals surface area (Å²) in [5.41, 5.74) is -2.02. The van der Waals surface area contributed by atoms with E-state index >= 15 is 0 Å². The fourth-order valence-corrected chi connectivity index (χ4v) is 3.06. The molecule has 26 heavy (non-hydrogen) atoms. The summed E-state index contributed by atoms with van der Waals surface area (Å²) in [6, 6.07) is 2.29. The van der Waals surface area contributed by atoms with E-state index in [-0.39, 0.29) is 16.9 Å². The van der Waals surface area contributed by atoms with Crippen LogP contribution in [0.15, 0.2) is 12.1 Å². The molecule has 1 saturated carbocycles. The minimum absolute atomic E-state index is 0.0393. The maximum atomic E-state index is 13.7. The molecule has 0 radical (unpaired) electrons. The molecular formula is C18H22BF3O4. The van der Waals surface area contributed by atoms with E-state index in [2.05, 4.69) is 4.74 Å². The van der Waals surface area contributed by atoms with Gasteiger partial charge in [0.05, 0.1) is 29.4 Å². The average molecular weight is 370 g/mol. The molecule has 4 nitrogen and oxygen atoms in total. The van der Waals surface area contributed by atoms with Gasteiger partial charge in [-0.05, 0) is 63.5 Å². The highest BCUT2D eigenvalue weighted by atomic mass is 19.4. The summed E-state index contributed by atoms with van der Waals surface area (Å²) >= 11 is 0. The summed E-state index contributed by atoms with van der Waals surface area (Å²) in [7, 11) is 0.00911. The summed E-state index contributed by atoms with van der Waals surface area (Å²) in [6.07, 6.45) is -2.99. The summed E-state index contributed by atoms with van der Waals surface area (Å²) in [6.45, 7) is 7.13. The molecule has 2 fully saturated rings. The zero-order chi connectivity index (χ0) is 19.5. The number of esters is 1. The van der Waals surface area contributed by atoms with Gasteiger partial charge in [-0.25, -0.2) is 4.79 Å². The lowest BCUT2D eigenvalue weighted by Gasteiger charge is -2.32. The molecule has 1 aliphatic heterocycles. The average Bonchev–Trinajstić information content (AvgIpc) is 3.32. The first-order valence-corrected chi connectivity index (χ1v) is 8.56. The Morgan fingerprint density at radius 1 is 1.15 bits per heavy atom. The van der Waals surface area contributed by atoms with Crippen LogP contribution in [0.25, 0.3) is 0 Å². The monoisotopic (exact) mass is 370 g/mol. The van der Waals surface area contributed by atoms with E-state index in [0.29, 0.717) is 5.56 Å². The molecule has 0 amide bonds. The largest absolute Gasteiger partial charge is 0.495 e. The van der Waals surface area contributed by atoms with Gasteiger partial charge >= 0.3 is 19.3 Å². The highest BCUT2D eigenvalue weighted by molar-refractivity contribution is 6.62. The van der Waals surface area contributed by atoms with Gasteiger partial charge in [0.25, 0.3) is 0 Å². The molecule has 0 unspecified atom stereocenters.